The maximum absolute atomic E-state index is 6.16. The van der Waals surface area contributed by atoms with Crippen LogP contribution in [0.5, 0.6) is 5.75 Å². The summed E-state index contributed by atoms with van der Waals surface area (Å²) in [6, 6.07) is 8.25. The van der Waals surface area contributed by atoms with Crippen LogP contribution < -0.4 is 4.74 Å². The highest BCUT2D eigenvalue weighted by atomic mass is 16.5. The van der Waals surface area contributed by atoms with Crippen molar-refractivity contribution in [1.82, 2.24) is 0 Å². The Morgan fingerprint density at radius 2 is 1.63 bits per heavy atom. The lowest BCUT2D eigenvalue weighted by molar-refractivity contribution is -0.0294. The molecule has 0 saturated carbocycles. The smallest absolute Gasteiger partial charge is 0.123 e. The maximum atomic E-state index is 6.16. The quantitative estimate of drug-likeness (QED) is 0.747. The minimum atomic E-state index is -0.212. The third kappa shape index (κ3) is 6.11. The van der Waals surface area contributed by atoms with E-state index in [9.17, 15) is 0 Å². The molecule has 0 aliphatic carbocycles. The van der Waals surface area contributed by atoms with Crippen molar-refractivity contribution in [2.45, 2.75) is 65.6 Å². The summed E-state index contributed by atoms with van der Waals surface area (Å²) in [7, 11) is 0. The van der Waals surface area contributed by atoms with Gasteiger partial charge in [0.25, 0.3) is 0 Å². The third-order valence-corrected chi connectivity index (χ3v) is 2.98. The molecule has 0 fully saturated rings. The van der Waals surface area contributed by atoms with Gasteiger partial charge in [0, 0.05) is 6.42 Å². The van der Waals surface area contributed by atoms with E-state index in [2.05, 4.69) is 53.7 Å². The lowest BCUT2D eigenvalue weighted by Gasteiger charge is -2.29. The summed E-state index contributed by atoms with van der Waals surface area (Å²) in [5.74, 6) is 0.991. The van der Waals surface area contributed by atoms with Crippen LogP contribution in [-0.2, 0) is 11.2 Å². The van der Waals surface area contributed by atoms with Crippen LogP contribution in [0.1, 0.15) is 53.5 Å². The summed E-state index contributed by atoms with van der Waals surface area (Å²) in [6.45, 7) is 13.3. The Kier molecular flexibility index (Phi) is 5.42. The van der Waals surface area contributed by atoms with Gasteiger partial charge < -0.3 is 9.47 Å². The first-order valence-corrected chi connectivity index (χ1v) is 7.14. The number of aryl methyl sites for hydroxylation is 1. The first-order valence-electron chi connectivity index (χ1n) is 7.14. The fourth-order valence-electron chi connectivity index (χ4n) is 1.85. The predicted octanol–water partition coefficient (Wildman–Crippen LogP) is 4.61. The summed E-state index contributed by atoms with van der Waals surface area (Å²) in [5, 5.41) is 0. The molecule has 19 heavy (non-hydrogen) atoms. The Balaban J connectivity index is 2.58. The molecule has 2 nitrogen and oxygen atoms in total. The lowest BCUT2D eigenvalue weighted by Crippen LogP contribution is -2.32. The highest BCUT2D eigenvalue weighted by Gasteiger charge is 2.22. The SMILES string of the molecule is CCc1ccccc1OC(C)(C)CCOC(C)(C)C. The Morgan fingerprint density at radius 3 is 2.21 bits per heavy atom. The van der Waals surface area contributed by atoms with Gasteiger partial charge in [0.1, 0.15) is 11.4 Å². The van der Waals surface area contributed by atoms with Gasteiger partial charge in [0.15, 0.2) is 0 Å². The van der Waals surface area contributed by atoms with E-state index in [4.69, 9.17) is 9.47 Å². The Bertz CT molecular complexity index is 388. The van der Waals surface area contributed by atoms with Gasteiger partial charge in [-0.05, 0) is 52.7 Å². The molecule has 0 unspecified atom stereocenters. The molecular weight excluding hydrogens is 236 g/mol. The molecule has 1 aromatic carbocycles. The minimum Gasteiger partial charge on any atom is -0.487 e. The highest BCUT2D eigenvalue weighted by Crippen LogP contribution is 2.25. The average molecular weight is 264 g/mol. The molecule has 0 radical (unpaired) electrons. The number of hydrogen-bond donors (Lipinski definition) is 0. The summed E-state index contributed by atoms with van der Waals surface area (Å²) in [6.07, 6.45) is 1.87. The molecule has 108 valence electrons. The standard InChI is InChI=1S/C17H28O2/c1-7-14-10-8-9-11-15(14)19-17(5,6)12-13-18-16(2,3)4/h8-11H,7,12-13H2,1-6H3. The topological polar surface area (TPSA) is 18.5 Å². The zero-order chi connectivity index (χ0) is 14.5. The first kappa shape index (κ1) is 16.0. The monoisotopic (exact) mass is 264 g/mol. The van der Waals surface area contributed by atoms with Gasteiger partial charge in [-0.25, -0.2) is 0 Å². The molecule has 0 aromatic heterocycles. The molecule has 1 rings (SSSR count). The number of para-hydroxylation sites is 1. The van der Waals surface area contributed by atoms with Crippen molar-refractivity contribution >= 4 is 0 Å². The number of benzene rings is 1. The third-order valence-electron chi connectivity index (χ3n) is 2.98. The molecule has 0 aliphatic heterocycles. The zero-order valence-corrected chi connectivity index (χ0v) is 13.2. The second-order valence-corrected chi connectivity index (χ2v) is 6.53. The molecule has 0 spiro atoms. The van der Waals surface area contributed by atoms with Gasteiger partial charge in [0.2, 0.25) is 0 Å². The number of rotatable bonds is 6. The number of hydrogen-bond acceptors (Lipinski definition) is 2. The van der Waals surface area contributed by atoms with E-state index in [0.29, 0.717) is 6.61 Å². The summed E-state index contributed by atoms with van der Waals surface area (Å²) in [4.78, 5) is 0. The van der Waals surface area contributed by atoms with E-state index >= 15 is 0 Å². The summed E-state index contributed by atoms with van der Waals surface area (Å²) < 4.78 is 11.9. The van der Waals surface area contributed by atoms with Gasteiger partial charge in [-0.2, -0.15) is 0 Å². The van der Waals surface area contributed by atoms with E-state index in [1.165, 1.54) is 5.56 Å². The maximum Gasteiger partial charge on any atom is 0.123 e. The van der Waals surface area contributed by atoms with Gasteiger partial charge in [-0.3, -0.25) is 0 Å². The highest BCUT2D eigenvalue weighted by molar-refractivity contribution is 5.33. The van der Waals surface area contributed by atoms with E-state index in [1.807, 2.05) is 12.1 Å². The van der Waals surface area contributed by atoms with Crippen LogP contribution in [0.2, 0.25) is 0 Å². The molecule has 0 saturated heterocycles. The normalized spacial score (nSPS) is 12.5. The molecule has 0 amide bonds. The molecule has 0 atom stereocenters. The van der Waals surface area contributed by atoms with E-state index in [1.54, 1.807) is 0 Å². The van der Waals surface area contributed by atoms with Crippen LogP contribution in [0.3, 0.4) is 0 Å². The van der Waals surface area contributed by atoms with E-state index in [-0.39, 0.29) is 11.2 Å². The minimum absolute atomic E-state index is 0.0859. The van der Waals surface area contributed by atoms with Crippen molar-refractivity contribution in [2.75, 3.05) is 6.61 Å². The van der Waals surface area contributed by atoms with Gasteiger partial charge in [-0.1, -0.05) is 25.1 Å². The van der Waals surface area contributed by atoms with Crippen molar-refractivity contribution in [1.29, 1.82) is 0 Å². The van der Waals surface area contributed by atoms with Crippen molar-refractivity contribution in [3.05, 3.63) is 29.8 Å². The second kappa shape index (κ2) is 6.42. The Labute approximate surface area is 118 Å². The lowest BCUT2D eigenvalue weighted by atomic mass is 10.0. The fraction of sp³-hybridized carbons (Fsp3) is 0.647. The second-order valence-electron chi connectivity index (χ2n) is 6.53. The molecule has 0 aliphatic rings. The van der Waals surface area contributed by atoms with Crippen molar-refractivity contribution in [2.24, 2.45) is 0 Å². The fourth-order valence-corrected chi connectivity index (χ4v) is 1.85. The molecule has 1 aromatic rings. The summed E-state index contributed by atoms with van der Waals surface area (Å²) >= 11 is 0. The van der Waals surface area contributed by atoms with Crippen molar-refractivity contribution < 1.29 is 9.47 Å². The van der Waals surface area contributed by atoms with Crippen LogP contribution in [0.15, 0.2) is 24.3 Å². The molecule has 0 heterocycles. The molecule has 0 bridgehead atoms. The number of ether oxygens (including phenoxy) is 2. The van der Waals surface area contributed by atoms with E-state index < -0.39 is 0 Å². The first-order chi connectivity index (χ1) is 8.73. The van der Waals surface area contributed by atoms with Crippen LogP contribution in [0.4, 0.5) is 0 Å². The van der Waals surface area contributed by atoms with Crippen LogP contribution in [0, 0.1) is 0 Å². The molecule has 2 heteroatoms. The zero-order valence-electron chi connectivity index (χ0n) is 13.2. The van der Waals surface area contributed by atoms with E-state index in [0.717, 1.165) is 18.6 Å². The molecular formula is C17H28O2. The van der Waals surface area contributed by atoms with Gasteiger partial charge >= 0.3 is 0 Å². The van der Waals surface area contributed by atoms with Crippen LogP contribution in [0.25, 0.3) is 0 Å². The average Bonchev–Trinajstić information content (AvgIpc) is 2.27. The predicted molar refractivity (Wildman–Crippen MR) is 80.8 cm³/mol. The Morgan fingerprint density at radius 1 is 1.00 bits per heavy atom. The molecule has 0 N–H and O–H groups in total. The van der Waals surface area contributed by atoms with Gasteiger partial charge in [-0.15, -0.1) is 0 Å². The van der Waals surface area contributed by atoms with Gasteiger partial charge in [0.05, 0.1) is 12.2 Å². The van der Waals surface area contributed by atoms with Crippen LogP contribution >= 0.6 is 0 Å². The van der Waals surface area contributed by atoms with Crippen LogP contribution in [-0.4, -0.2) is 17.8 Å². The van der Waals surface area contributed by atoms with Crippen molar-refractivity contribution in [3.8, 4) is 5.75 Å². The van der Waals surface area contributed by atoms with Crippen molar-refractivity contribution in [3.63, 3.8) is 0 Å². The summed E-state index contributed by atoms with van der Waals surface area (Å²) in [5.41, 5.74) is 0.959. The largest absolute Gasteiger partial charge is 0.487 e. The Hall–Kier alpha value is -1.02.